The van der Waals surface area contributed by atoms with Crippen molar-refractivity contribution in [3.05, 3.63) is 52.1 Å². The predicted octanol–water partition coefficient (Wildman–Crippen LogP) is 2.79. The number of hydrogen-bond donors (Lipinski definition) is 2. The van der Waals surface area contributed by atoms with Crippen molar-refractivity contribution in [3.63, 3.8) is 0 Å². The SMILES string of the molecule is CN(C)S(=O)(=O)c1ccc2onc(C(=O)Nc3ccc(Br)cc3C(=O)O)c2c1. The lowest BCUT2D eigenvalue weighted by Crippen LogP contribution is -2.22. The number of benzene rings is 2. The summed E-state index contributed by atoms with van der Waals surface area (Å²) in [6.07, 6.45) is 0. The number of rotatable bonds is 5. The minimum Gasteiger partial charge on any atom is -0.478 e. The molecule has 3 rings (SSSR count). The van der Waals surface area contributed by atoms with Gasteiger partial charge in [0.1, 0.15) is 0 Å². The molecule has 0 saturated heterocycles. The van der Waals surface area contributed by atoms with Crippen molar-refractivity contribution in [1.82, 2.24) is 9.46 Å². The summed E-state index contributed by atoms with van der Waals surface area (Å²) >= 11 is 3.18. The van der Waals surface area contributed by atoms with Crippen LogP contribution in [0, 0.1) is 0 Å². The number of aromatic nitrogens is 1. The van der Waals surface area contributed by atoms with Gasteiger partial charge in [0.05, 0.1) is 21.5 Å². The summed E-state index contributed by atoms with van der Waals surface area (Å²) < 4.78 is 31.3. The molecule has 0 aliphatic rings. The molecule has 1 heterocycles. The molecule has 146 valence electrons. The number of carboxylic acids is 1. The molecule has 1 amide bonds. The Balaban J connectivity index is 2.03. The number of sulfonamides is 1. The molecule has 0 spiro atoms. The molecule has 9 nitrogen and oxygen atoms in total. The van der Waals surface area contributed by atoms with Gasteiger partial charge in [-0.2, -0.15) is 0 Å². The molecule has 2 N–H and O–H groups in total. The van der Waals surface area contributed by atoms with Gasteiger partial charge in [0.2, 0.25) is 10.0 Å². The van der Waals surface area contributed by atoms with Gasteiger partial charge >= 0.3 is 5.97 Å². The second kappa shape index (κ2) is 7.34. The van der Waals surface area contributed by atoms with Gasteiger partial charge in [0, 0.05) is 18.6 Å². The van der Waals surface area contributed by atoms with Crippen LogP contribution in [0.5, 0.6) is 0 Å². The third-order valence-electron chi connectivity index (χ3n) is 3.90. The Kier molecular flexibility index (Phi) is 5.24. The Bertz CT molecular complexity index is 1200. The number of nitrogens with zero attached hydrogens (tertiary/aromatic N) is 2. The lowest BCUT2D eigenvalue weighted by molar-refractivity contribution is 0.0698. The molecule has 11 heteroatoms. The number of carbonyl (C=O) groups excluding carboxylic acids is 1. The Morgan fingerprint density at radius 2 is 1.89 bits per heavy atom. The number of carbonyl (C=O) groups is 2. The maximum Gasteiger partial charge on any atom is 0.337 e. The van der Waals surface area contributed by atoms with Crippen LogP contribution in [-0.2, 0) is 10.0 Å². The summed E-state index contributed by atoms with van der Waals surface area (Å²) in [4.78, 5) is 24.0. The van der Waals surface area contributed by atoms with Crippen LogP contribution in [0.1, 0.15) is 20.8 Å². The van der Waals surface area contributed by atoms with Crippen LogP contribution in [-0.4, -0.2) is 49.0 Å². The molecule has 2 aromatic carbocycles. The van der Waals surface area contributed by atoms with Crippen molar-refractivity contribution in [3.8, 4) is 0 Å². The zero-order chi connectivity index (χ0) is 20.6. The van der Waals surface area contributed by atoms with Crippen molar-refractivity contribution in [2.24, 2.45) is 0 Å². The predicted molar refractivity (Wildman–Crippen MR) is 104 cm³/mol. The van der Waals surface area contributed by atoms with E-state index in [0.29, 0.717) is 4.47 Å². The quantitative estimate of drug-likeness (QED) is 0.589. The van der Waals surface area contributed by atoms with Crippen LogP contribution in [0.4, 0.5) is 5.69 Å². The Hall–Kier alpha value is -2.76. The molecule has 0 aliphatic carbocycles. The van der Waals surface area contributed by atoms with Gasteiger partial charge in [-0.3, -0.25) is 4.79 Å². The highest BCUT2D eigenvalue weighted by Gasteiger charge is 2.23. The van der Waals surface area contributed by atoms with Crippen molar-refractivity contribution < 1.29 is 27.6 Å². The summed E-state index contributed by atoms with van der Waals surface area (Å²) in [5.74, 6) is -1.95. The van der Waals surface area contributed by atoms with Crippen LogP contribution in [0.3, 0.4) is 0 Å². The van der Waals surface area contributed by atoms with E-state index in [2.05, 4.69) is 26.4 Å². The monoisotopic (exact) mass is 467 g/mol. The average molecular weight is 468 g/mol. The molecule has 0 fully saturated rings. The zero-order valence-electron chi connectivity index (χ0n) is 14.6. The number of amides is 1. The lowest BCUT2D eigenvalue weighted by atomic mass is 10.1. The molecule has 0 unspecified atom stereocenters. The number of aromatic carboxylic acids is 1. The first-order chi connectivity index (χ1) is 13.1. The standard InChI is InChI=1S/C17H14BrN3O6S/c1-21(2)28(25,26)10-4-6-14-12(8-10)15(20-27-14)16(22)19-13-5-3-9(18)7-11(13)17(23)24/h3-8H,1-2H3,(H,19,22)(H,23,24). The topological polar surface area (TPSA) is 130 Å². The molecule has 0 atom stereocenters. The van der Waals surface area contributed by atoms with Crippen molar-refractivity contribution in [2.45, 2.75) is 4.90 Å². The minimum atomic E-state index is -3.72. The first kappa shape index (κ1) is 20.0. The Morgan fingerprint density at radius 1 is 1.18 bits per heavy atom. The first-order valence-corrected chi connectivity index (χ1v) is 10.0. The molecule has 0 aliphatic heterocycles. The van der Waals surface area contributed by atoms with Gasteiger partial charge in [0.25, 0.3) is 5.91 Å². The van der Waals surface area contributed by atoms with E-state index in [1.54, 1.807) is 6.07 Å². The number of fused-ring (bicyclic) bond motifs is 1. The summed E-state index contributed by atoms with van der Waals surface area (Å²) in [5, 5.41) is 15.7. The van der Waals surface area contributed by atoms with E-state index in [0.717, 1.165) is 4.31 Å². The van der Waals surface area contributed by atoms with E-state index >= 15 is 0 Å². The highest BCUT2D eigenvalue weighted by atomic mass is 79.9. The van der Waals surface area contributed by atoms with Crippen molar-refractivity contribution in [2.75, 3.05) is 19.4 Å². The number of halogens is 1. The maximum atomic E-state index is 12.6. The van der Waals surface area contributed by atoms with Gasteiger partial charge in [-0.25, -0.2) is 17.5 Å². The Labute approximate surface area is 168 Å². The van der Waals surface area contributed by atoms with E-state index in [9.17, 15) is 23.1 Å². The maximum absolute atomic E-state index is 12.6. The normalized spacial score (nSPS) is 11.7. The number of carboxylic acid groups (broad SMARTS) is 1. The molecule has 0 radical (unpaired) electrons. The molecular weight excluding hydrogens is 454 g/mol. The van der Waals surface area contributed by atoms with Crippen LogP contribution in [0.25, 0.3) is 11.0 Å². The second-order valence-corrected chi connectivity index (χ2v) is 8.99. The van der Waals surface area contributed by atoms with Crippen LogP contribution >= 0.6 is 15.9 Å². The largest absolute Gasteiger partial charge is 0.478 e. The molecule has 3 aromatic rings. The molecule has 1 aromatic heterocycles. The number of hydrogen-bond acceptors (Lipinski definition) is 6. The van der Waals surface area contributed by atoms with Crippen molar-refractivity contribution >= 4 is 54.5 Å². The fraction of sp³-hybridized carbons (Fsp3) is 0.118. The minimum absolute atomic E-state index is 0.0304. The highest BCUT2D eigenvalue weighted by molar-refractivity contribution is 9.10. The summed E-state index contributed by atoms with van der Waals surface area (Å²) in [6, 6.07) is 8.39. The van der Waals surface area contributed by atoms with E-state index < -0.39 is 21.9 Å². The Morgan fingerprint density at radius 3 is 2.54 bits per heavy atom. The van der Waals surface area contributed by atoms with Crippen molar-refractivity contribution in [1.29, 1.82) is 0 Å². The van der Waals surface area contributed by atoms with Crippen LogP contribution in [0.15, 0.2) is 50.3 Å². The van der Waals surface area contributed by atoms with Gasteiger partial charge in [0.15, 0.2) is 11.3 Å². The van der Waals surface area contributed by atoms with E-state index in [-0.39, 0.29) is 32.8 Å². The molecule has 0 bridgehead atoms. The number of nitrogens with one attached hydrogen (secondary N) is 1. The van der Waals surface area contributed by atoms with Crippen LogP contribution < -0.4 is 5.32 Å². The highest BCUT2D eigenvalue weighted by Crippen LogP contribution is 2.26. The third-order valence-corrected chi connectivity index (χ3v) is 6.20. The fourth-order valence-corrected chi connectivity index (χ4v) is 3.73. The molecule has 0 saturated carbocycles. The van der Waals surface area contributed by atoms with Gasteiger partial charge in [-0.1, -0.05) is 21.1 Å². The summed E-state index contributed by atoms with van der Waals surface area (Å²) in [5.41, 5.74) is 0.00232. The van der Waals surface area contributed by atoms with Gasteiger partial charge < -0.3 is 14.9 Å². The fourth-order valence-electron chi connectivity index (χ4n) is 2.44. The zero-order valence-corrected chi connectivity index (χ0v) is 17.0. The van der Waals surface area contributed by atoms with E-state index in [1.165, 1.54) is 44.4 Å². The number of anilines is 1. The first-order valence-electron chi connectivity index (χ1n) is 7.77. The second-order valence-electron chi connectivity index (χ2n) is 5.93. The average Bonchev–Trinajstić information content (AvgIpc) is 3.06. The summed E-state index contributed by atoms with van der Waals surface area (Å²) in [7, 11) is -0.940. The van der Waals surface area contributed by atoms with Gasteiger partial charge in [-0.15, -0.1) is 0 Å². The van der Waals surface area contributed by atoms with E-state index in [1.807, 2.05) is 0 Å². The molecular formula is C17H14BrN3O6S. The van der Waals surface area contributed by atoms with E-state index in [4.69, 9.17) is 4.52 Å². The van der Waals surface area contributed by atoms with Crippen LogP contribution in [0.2, 0.25) is 0 Å². The lowest BCUT2D eigenvalue weighted by Gasteiger charge is -2.11. The third kappa shape index (κ3) is 3.63. The summed E-state index contributed by atoms with van der Waals surface area (Å²) in [6.45, 7) is 0. The van der Waals surface area contributed by atoms with Gasteiger partial charge in [-0.05, 0) is 36.4 Å². The molecule has 28 heavy (non-hydrogen) atoms. The smallest absolute Gasteiger partial charge is 0.337 e.